The first-order chi connectivity index (χ1) is 25.4. The highest BCUT2D eigenvalue weighted by Gasteiger charge is 2.24. The van der Waals surface area contributed by atoms with Gasteiger partial charge < -0.3 is 20.2 Å². The van der Waals surface area contributed by atoms with Gasteiger partial charge in [0.05, 0.1) is 22.8 Å². The monoisotopic (exact) mass is 676 g/mol. The first-order valence-electron chi connectivity index (χ1n) is 16.7. The molecule has 0 amide bonds. The Morgan fingerprint density at radius 2 is 0.750 bits per heavy atom. The molecule has 0 spiro atoms. The van der Waals surface area contributed by atoms with E-state index < -0.39 is 11.6 Å². The third kappa shape index (κ3) is 5.43. The zero-order valence-corrected chi connectivity index (χ0v) is 27.5. The van der Waals surface area contributed by atoms with Crippen LogP contribution in [0.4, 0.5) is 0 Å². The summed E-state index contributed by atoms with van der Waals surface area (Å²) in [6.45, 7) is 0. The second kappa shape index (κ2) is 12.5. The molecule has 0 fully saturated rings. The first-order valence-corrected chi connectivity index (χ1v) is 16.7. The SMILES string of the molecule is O=C1C=CC(c2c3nc(c(-c4ccccc4)c4ccc([nH]4)c(C4=C[C](O)C(=O)C=C4)c4nc(c(-c5ccccc5)c5ccc2[nH]5)C=C4)C=C3)=C[C]1O. The molecule has 2 aromatic carbocycles. The van der Waals surface area contributed by atoms with E-state index in [1.54, 1.807) is 12.2 Å². The number of aromatic amines is 2. The Bertz CT molecular complexity index is 2500. The van der Waals surface area contributed by atoms with Crippen molar-refractivity contribution in [1.82, 2.24) is 19.9 Å². The van der Waals surface area contributed by atoms with Crippen LogP contribution in [-0.4, -0.2) is 41.7 Å². The zero-order valence-electron chi connectivity index (χ0n) is 27.5. The highest BCUT2D eigenvalue weighted by atomic mass is 16.3. The number of aliphatic hydroxyl groups excluding tert-OH is 2. The van der Waals surface area contributed by atoms with Gasteiger partial charge >= 0.3 is 0 Å². The van der Waals surface area contributed by atoms with Crippen molar-refractivity contribution in [3.8, 4) is 22.3 Å². The number of allylic oxidation sites excluding steroid dienone is 4. The third-order valence-corrected chi connectivity index (χ3v) is 9.37. The quantitative estimate of drug-likeness (QED) is 0.147. The molecule has 0 unspecified atom stereocenters. The molecule has 2 aliphatic heterocycles. The van der Waals surface area contributed by atoms with Gasteiger partial charge in [0, 0.05) is 44.3 Å². The van der Waals surface area contributed by atoms with E-state index in [-0.39, 0.29) is 12.2 Å². The lowest BCUT2D eigenvalue weighted by Gasteiger charge is -2.12. The van der Waals surface area contributed by atoms with Gasteiger partial charge in [0.1, 0.15) is 0 Å². The van der Waals surface area contributed by atoms with Gasteiger partial charge in [-0.05, 0) is 95.1 Å². The number of ketones is 2. The van der Waals surface area contributed by atoms with Crippen LogP contribution in [0.5, 0.6) is 0 Å². The van der Waals surface area contributed by atoms with E-state index >= 15 is 0 Å². The lowest BCUT2D eigenvalue weighted by molar-refractivity contribution is -0.116. The van der Waals surface area contributed by atoms with Crippen molar-refractivity contribution in [1.29, 1.82) is 0 Å². The fraction of sp³-hybridized carbons (Fsp3) is 0. The second-order valence-electron chi connectivity index (χ2n) is 12.6. The predicted molar refractivity (Wildman–Crippen MR) is 204 cm³/mol. The van der Waals surface area contributed by atoms with E-state index in [0.717, 1.165) is 44.3 Å². The lowest BCUT2D eigenvalue weighted by atomic mass is 9.96. The Morgan fingerprint density at radius 3 is 1.12 bits per heavy atom. The normalized spacial score (nSPS) is 15.7. The molecule has 2 aliphatic carbocycles. The second-order valence-corrected chi connectivity index (χ2v) is 12.6. The topological polar surface area (TPSA) is 132 Å². The zero-order chi connectivity index (χ0) is 35.3. The molecule has 5 aromatic rings. The molecular weight excluding hydrogens is 649 g/mol. The van der Waals surface area contributed by atoms with Crippen LogP contribution in [-0.2, 0) is 9.59 Å². The molecule has 8 heteroatoms. The van der Waals surface area contributed by atoms with Gasteiger partial charge in [0.15, 0.2) is 23.8 Å². The largest absolute Gasteiger partial charge is 0.374 e. The lowest BCUT2D eigenvalue weighted by Crippen LogP contribution is -2.10. The first kappa shape index (κ1) is 31.3. The van der Waals surface area contributed by atoms with E-state index in [4.69, 9.17) is 9.97 Å². The summed E-state index contributed by atoms with van der Waals surface area (Å²) < 4.78 is 0. The number of carbonyl (C=O) groups is 2. The maximum Gasteiger partial charge on any atom is 0.195 e. The average molecular weight is 677 g/mol. The predicted octanol–water partition coefficient (Wildman–Crippen LogP) is 8.84. The number of benzene rings is 2. The Kier molecular flexibility index (Phi) is 7.54. The maximum absolute atomic E-state index is 12.3. The van der Waals surface area contributed by atoms with Gasteiger partial charge in [-0.15, -0.1) is 0 Å². The van der Waals surface area contributed by atoms with Crippen LogP contribution in [0.25, 0.3) is 79.8 Å². The van der Waals surface area contributed by atoms with Crippen molar-refractivity contribution >= 4 is 69.1 Å². The smallest absolute Gasteiger partial charge is 0.195 e. The fourth-order valence-electron chi connectivity index (χ4n) is 6.98. The van der Waals surface area contributed by atoms with Crippen LogP contribution in [0.15, 0.2) is 121 Å². The molecule has 0 saturated heterocycles. The number of aromatic nitrogens is 4. The van der Waals surface area contributed by atoms with E-state index in [1.807, 2.05) is 109 Å². The van der Waals surface area contributed by atoms with Crippen LogP contribution in [0, 0.1) is 12.2 Å². The molecule has 248 valence electrons. The minimum Gasteiger partial charge on any atom is -0.374 e. The van der Waals surface area contributed by atoms with Gasteiger partial charge in [-0.3, -0.25) is 9.59 Å². The van der Waals surface area contributed by atoms with Gasteiger partial charge in [-0.1, -0.05) is 72.8 Å². The number of hydrogen-bond donors (Lipinski definition) is 4. The number of carbonyl (C=O) groups excluding carboxylic acids is 2. The standard InChI is InChI=1S/C44H28N4O4/c49-37-21-11-27(23-39(37)51)43-33-17-13-29(45-33)41(25-7-3-1-4-8-25)30-14-18-34(46-30)44(28-12-22-38(50)40(52)24-28)36-20-16-32(48-36)42(26-9-5-2-6-10-26)31-15-19-35(43)47-31/h1-24,45,48,51-52H. The highest BCUT2D eigenvalue weighted by Crippen LogP contribution is 2.38. The minimum atomic E-state index is -0.462. The molecule has 4 aliphatic rings. The van der Waals surface area contributed by atoms with Crippen LogP contribution in [0.2, 0.25) is 0 Å². The summed E-state index contributed by atoms with van der Waals surface area (Å²) in [6.07, 6.45) is 16.2. The molecule has 0 atom stereocenters. The Hall–Kier alpha value is -6.74. The van der Waals surface area contributed by atoms with Gasteiger partial charge in [-0.2, -0.15) is 0 Å². The summed E-state index contributed by atoms with van der Waals surface area (Å²) >= 11 is 0. The van der Waals surface area contributed by atoms with E-state index in [9.17, 15) is 19.8 Å². The number of nitrogens with zero attached hydrogens (tertiary/aromatic N) is 2. The van der Waals surface area contributed by atoms with Crippen molar-refractivity contribution in [2.75, 3.05) is 0 Å². The molecular formula is C44H28N4O4. The summed E-state index contributed by atoms with van der Waals surface area (Å²) in [5.41, 5.74) is 12.0. The van der Waals surface area contributed by atoms with Crippen molar-refractivity contribution < 1.29 is 19.8 Å². The van der Waals surface area contributed by atoms with Crippen molar-refractivity contribution in [2.45, 2.75) is 0 Å². The summed E-state index contributed by atoms with van der Waals surface area (Å²) in [5.74, 6) is -0.924. The van der Waals surface area contributed by atoms with Crippen molar-refractivity contribution in [3.05, 3.63) is 167 Å². The number of hydrogen-bond acceptors (Lipinski definition) is 6. The number of rotatable bonds is 4. The molecule has 4 N–H and O–H groups in total. The van der Waals surface area contributed by atoms with Crippen LogP contribution < -0.4 is 0 Å². The van der Waals surface area contributed by atoms with Crippen LogP contribution >= 0.6 is 0 Å². The highest BCUT2D eigenvalue weighted by molar-refractivity contribution is 6.10. The molecule has 0 saturated carbocycles. The summed E-state index contributed by atoms with van der Waals surface area (Å²) in [5, 5.41) is 21.1. The van der Waals surface area contributed by atoms with E-state index in [2.05, 4.69) is 9.97 Å². The van der Waals surface area contributed by atoms with Crippen molar-refractivity contribution in [2.24, 2.45) is 0 Å². The summed E-state index contributed by atoms with van der Waals surface area (Å²) in [6, 6.07) is 27.8. The van der Waals surface area contributed by atoms with E-state index in [0.29, 0.717) is 45.0 Å². The Morgan fingerprint density at radius 1 is 0.404 bits per heavy atom. The Labute approximate surface area is 297 Å². The molecule has 52 heavy (non-hydrogen) atoms. The number of aliphatic hydroxyl groups is 2. The molecule has 8 bridgehead atoms. The molecule has 2 radical (unpaired) electrons. The summed E-state index contributed by atoms with van der Waals surface area (Å²) in [4.78, 5) is 42.2. The number of nitrogens with one attached hydrogen (secondary N) is 2. The molecule has 9 rings (SSSR count). The van der Waals surface area contributed by atoms with Gasteiger partial charge in [0.2, 0.25) is 0 Å². The minimum absolute atomic E-state index is 0.346. The molecule has 8 nitrogen and oxygen atoms in total. The van der Waals surface area contributed by atoms with E-state index in [1.165, 1.54) is 24.3 Å². The fourth-order valence-corrected chi connectivity index (χ4v) is 6.98. The van der Waals surface area contributed by atoms with Crippen LogP contribution in [0.3, 0.4) is 0 Å². The van der Waals surface area contributed by atoms with Gasteiger partial charge in [0.25, 0.3) is 0 Å². The number of H-pyrrole nitrogens is 2. The van der Waals surface area contributed by atoms with Crippen molar-refractivity contribution in [3.63, 3.8) is 0 Å². The Balaban J connectivity index is 1.46. The maximum atomic E-state index is 12.3. The summed E-state index contributed by atoms with van der Waals surface area (Å²) in [7, 11) is 0. The third-order valence-electron chi connectivity index (χ3n) is 9.37. The molecule has 3 aromatic heterocycles. The molecule has 5 heterocycles. The van der Waals surface area contributed by atoms with Gasteiger partial charge in [-0.25, -0.2) is 9.97 Å². The van der Waals surface area contributed by atoms with Crippen LogP contribution in [0.1, 0.15) is 33.9 Å². The number of fused-ring (bicyclic) bond motifs is 8. The average Bonchev–Trinajstić information content (AvgIpc) is 4.00.